The Labute approximate surface area is 82.6 Å². The molecule has 0 aliphatic rings. The minimum atomic E-state index is 0. The molecule has 0 heterocycles. The number of aliphatic hydroxyl groups is 3. The van der Waals surface area contributed by atoms with Crippen LogP contribution in [0.25, 0.3) is 0 Å². The normalized spacial score (nSPS) is 2.57. The van der Waals surface area contributed by atoms with Gasteiger partial charge in [0.25, 0.3) is 0 Å². The van der Waals surface area contributed by atoms with Crippen LogP contribution in [-0.2, 0) is 0 Å². The van der Waals surface area contributed by atoms with E-state index in [2.05, 4.69) is 0 Å². The summed E-state index contributed by atoms with van der Waals surface area (Å²) in [5, 5.41) is 21.0. The quantitative estimate of drug-likeness (QED) is 0.519. The summed E-state index contributed by atoms with van der Waals surface area (Å²) in [6.45, 7) is 0. The second kappa shape index (κ2) is 155. The average molecular weight is 269 g/mol. The van der Waals surface area contributed by atoms with Crippen molar-refractivity contribution in [2.24, 2.45) is 0 Å². The van der Waals surface area contributed by atoms with Crippen molar-refractivity contribution in [3.05, 3.63) is 0 Å². The molecule has 0 saturated heterocycles. The predicted octanol–water partition coefficient (Wildman–Crippen LogP) is -1.17. The number of rotatable bonds is 0. The van der Waals surface area contributed by atoms with E-state index >= 15 is 0 Å². The van der Waals surface area contributed by atoms with Gasteiger partial charge in [-0.1, -0.05) is 0 Å². The van der Waals surface area contributed by atoms with Crippen LogP contribution in [0.4, 0.5) is 0 Å². The van der Waals surface area contributed by atoms with E-state index in [0.29, 0.717) is 0 Å². The zero-order valence-corrected chi connectivity index (χ0v) is 6.32. The monoisotopic (exact) mass is 270 g/mol. The average Bonchev–Trinajstić information content (AvgIpc) is 1.81. The Balaban J connectivity index is -0.00000000900. The van der Waals surface area contributed by atoms with Crippen LogP contribution in [0.3, 0.4) is 0 Å². The topological polar surface area (TPSA) is 60.7 Å². The first-order chi connectivity index (χ1) is 3.00. The maximum atomic E-state index is 7.00. The van der Waals surface area contributed by atoms with Gasteiger partial charge in [-0.25, -0.2) is 0 Å². The Kier molecular flexibility index (Phi) is 525. The van der Waals surface area contributed by atoms with Gasteiger partial charge in [0, 0.05) is 68.3 Å². The molecule has 0 aromatic heterocycles. The minimum absolute atomic E-state index is 0. The standard InChI is InChI=1S/3CH4O.Yb/c3*1-2;/h3*2H,1H3;. The molecule has 0 unspecified atom stereocenters. The van der Waals surface area contributed by atoms with Crippen LogP contribution in [0.1, 0.15) is 0 Å². The molecule has 0 atom stereocenters. The molecule has 0 aromatic rings. The Morgan fingerprint density at radius 2 is 0.571 bits per heavy atom. The van der Waals surface area contributed by atoms with E-state index in [-0.39, 0.29) is 46.9 Å². The van der Waals surface area contributed by atoms with Crippen LogP contribution in [0, 0.1) is 46.9 Å². The predicted molar refractivity (Wildman–Crippen MR) is 24.4 cm³/mol. The molecule has 56 valence electrons. The molecule has 0 aliphatic carbocycles. The molecule has 0 rings (SSSR count). The van der Waals surface area contributed by atoms with E-state index in [1.807, 2.05) is 0 Å². The molecule has 0 amide bonds. The van der Waals surface area contributed by atoms with Crippen molar-refractivity contribution in [1.29, 1.82) is 0 Å². The number of aliphatic hydroxyl groups excluding tert-OH is 3. The van der Waals surface area contributed by atoms with Crippen molar-refractivity contribution in [2.45, 2.75) is 0 Å². The van der Waals surface area contributed by atoms with E-state index in [0.717, 1.165) is 21.3 Å². The molecule has 0 fully saturated rings. The zero-order chi connectivity index (χ0) is 6.00. The summed E-state index contributed by atoms with van der Waals surface area (Å²) in [7, 11) is 3.00. The van der Waals surface area contributed by atoms with Crippen molar-refractivity contribution in [3.63, 3.8) is 0 Å². The SMILES string of the molecule is CO.CO.CO.[Yb]. The largest absolute Gasteiger partial charge is 0.400 e. The fourth-order valence-corrected chi connectivity index (χ4v) is 0. The van der Waals surface area contributed by atoms with Gasteiger partial charge in [0.05, 0.1) is 0 Å². The molecule has 0 saturated carbocycles. The Morgan fingerprint density at radius 1 is 0.571 bits per heavy atom. The third kappa shape index (κ3) is 110. The first-order valence-corrected chi connectivity index (χ1v) is 1.34. The minimum Gasteiger partial charge on any atom is -0.400 e. The van der Waals surface area contributed by atoms with E-state index < -0.39 is 0 Å². The molecule has 0 spiro atoms. The molecule has 3 N–H and O–H groups in total. The van der Waals surface area contributed by atoms with E-state index in [9.17, 15) is 0 Å². The third-order valence-corrected chi connectivity index (χ3v) is 0. The summed E-state index contributed by atoms with van der Waals surface area (Å²) < 4.78 is 0. The summed E-state index contributed by atoms with van der Waals surface area (Å²) in [4.78, 5) is 0. The fourth-order valence-electron chi connectivity index (χ4n) is 0. The molecule has 0 aliphatic heterocycles. The van der Waals surface area contributed by atoms with Crippen molar-refractivity contribution in [3.8, 4) is 0 Å². The molecular weight excluding hydrogens is 257 g/mol. The molecule has 0 radical (unpaired) electrons. The van der Waals surface area contributed by atoms with Crippen LogP contribution in [0.5, 0.6) is 0 Å². The second-order valence-electron chi connectivity index (χ2n) is 0. The summed E-state index contributed by atoms with van der Waals surface area (Å²) in [6.07, 6.45) is 0. The molecule has 7 heavy (non-hydrogen) atoms. The van der Waals surface area contributed by atoms with Crippen LogP contribution < -0.4 is 0 Å². The Bertz CT molecular complexity index is 10.1. The van der Waals surface area contributed by atoms with E-state index in [4.69, 9.17) is 15.3 Å². The van der Waals surface area contributed by atoms with Gasteiger partial charge in [0.2, 0.25) is 0 Å². The van der Waals surface area contributed by atoms with Crippen LogP contribution in [0.15, 0.2) is 0 Å². The molecule has 3 nitrogen and oxygen atoms in total. The molecular formula is C3H12O3Yb. The smallest absolute Gasteiger partial charge is 0.0319 e. The summed E-state index contributed by atoms with van der Waals surface area (Å²) in [6, 6.07) is 0. The summed E-state index contributed by atoms with van der Waals surface area (Å²) >= 11 is 0. The number of hydrogen-bond acceptors (Lipinski definition) is 3. The molecule has 0 bridgehead atoms. The first-order valence-electron chi connectivity index (χ1n) is 1.34. The Morgan fingerprint density at radius 3 is 0.571 bits per heavy atom. The van der Waals surface area contributed by atoms with E-state index in [1.165, 1.54) is 0 Å². The van der Waals surface area contributed by atoms with Gasteiger partial charge in [-0.3, -0.25) is 0 Å². The van der Waals surface area contributed by atoms with Gasteiger partial charge in [0.15, 0.2) is 0 Å². The summed E-state index contributed by atoms with van der Waals surface area (Å²) in [5.41, 5.74) is 0. The van der Waals surface area contributed by atoms with Gasteiger partial charge in [0.1, 0.15) is 0 Å². The first kappa shape index (κ1) is 23.8. The van der Waals surface area contributed by atoms with Crippen molar-refractivity contribution >= 4 is 0 Å². The van der Waals surface area contributed by atoms with Crippen molar-refractivity contribution in [2.75, 3.05) is 21.3 Å². The molecule has 4 heteroatoms. The van der Waals surface area contributed by atoms with Crippen LogP contribution >= 0.6 is 0 Å². The Hall–Kier alpha value is 1.40. The summed E-state index contributed by atoms with van der Waals surface area (Å²) in [5.74, 6) is 0. The third-order valence-electron chi connectivity index (χ3n) is 0. The van der Waals surface area contributed by atoms with Gasteiger partial charge in [-0.15, -0.1) is 0 Å². The van der Waals surface area contributed by atoms with Gasteiger partial charge < -0.3 is 15.3 Å². The van der Waals surface area contributed by atoms with Crippen molar-refractivity contribution in [1.82, 2.24) is 0 Å². The van der Waals surface area contributed by atoms with Crippen LogP contribution in [0.2, 0.25) is 0 Å². The molecule has 0 aromatic carbocycles. The fraction of sp³-hybridized carbons (Fsp3) is 1.00. The van der Waals surface area contributed by atoms with E-state index in [1.54, 1.807) is 0 Å². The number of hydrogen-bond donors (Lipinski definition) is 3. The van der Waals surface area contributed by atoms with Gasteiger partial charge in [-0.2, -0.15) is 0 Å². The van der Waals surface area contributed by atoms with Gasteiger partial charge >= 0.3 is 0 Å². The van der Waals surface area contributed by atoms with Gasteiger partial charge in [-0.05, 0) is 0 Å². The second-order valence-corrected chi connectivity index (χ2v) is 0. The maximum Gasteiger partial charge on any atom is 0.0319 e. The van der Waals surface area contributed by atoms with Crippen molar-refractivity contribution < 1.29 is 62.2 Å². The zero-order valence-electron chi connectivity index (χ0n) is 4.61. The maximum absolute atomic E-state index is 7.00. The van der Waals surface area contributed by atoms with Crippen LogP contribution in [-0.4, -0.2) is 36.6 Å².